The van der Waals surface area contributed by atoms with Crippen LogP contribution in [0.4, 0.5) is 0 Å². The summed E-state index contributed by atoms with van der Waals surface area (Å²) in [6.45, 7) is 2.11. The van der Waals surface area contributed by atoms with Gasteiger partial charge in [-0.3, -0.25) is 9.59 Å². The van der Waals surface area contributed by atoms with E-state index >= 15 is 0 Å². The molecular weight excluding hydrogens is 228 g/mol. The predicted octanol–water partition coefficient (Wildman–Crippen LogP) is 3.36. The first kappa shape index (κ1) is 14.7. The van der Waals surface area contributed by atoms with E-state index in [1.807, 2.05) is 24.3 Å². The predicted molar refractivity (Wildman–Crippen MR) is 71.3 cm³/mol. The summed E-state index contributed by atoms with van der Waals surface area (Å²) in [4.78, 5) is 22.0. The monoisotopic (exact) mass is 250 g/mol. The van der Waals surface area contributed by atoms with Crippen molar-refractivity contribution in [2.45, 2.75) is 45.4 Å². The van der Waals surface area contributed by atoms with Crippen molar-refractivity contribution in [3.05, 3.63) is 24.3 Å². The largest absolute Gasteiger partial charge is 0.481 e. The minimum absolute atomic E-state index is 0.0493. The van der Waals surface area contributed by atoms with Crippen molar-refractivity contribution in [1.29, 1.82) is 0 Å². The molecule has 1 rings (SSSR count). The van der Waals surface area contributed by atoms with Crippen LogP contribution >= 0.6 is 0 Å². The van der Waals surface area contributed by atoms with Gasteiger partial charge in [-0.15, -0.1) is 0 Å². The number of aliphatic carboxylic acids is 1. The molecule has 0 radical (unpaired) electrons. The Morgan fingerprint density at radius 3 is 2.89 bits per heavy atom. The van der Waals surface area contributed by atoms with Crippen molar-refractivity contribution < 1.29 is 14.7 Å². The SMILES string of the molecule is CCCC(C/C=C\C1C=CCC1=O)CCC(=O)O. The van der Waals surface area contributed by atoms with E-state index in [0.717, 1.165) is 25.7 Å². The third-order valence-electron chi connectivity index (χ3n) is 3.31. The number of hydrogen-bond donors (Lipinski definition) is 1. The summed E-state index contributed by atoms with van der Waals surface area (Å²) in [6, 6.07) is 0. The van der Waals surface area contributed by atoms with Gasteiger partial charge in [-0.1, -0.05) is 44.1 Å². The first-order valence-corrected chi connectivity index (χ1v) is 6.71. The lowest BCUT2D eigenvalue weighted by atomic mass is 9.93. The molecule has 0 fully saturated rings. The van der Waals surface area contributed by atoms with Gasteiger partial charge in [0.1, 0.15) is 5.78 Å². The molecule has 0 aromatic heterocycles. The van der Waals surface area contributed by atoms with E-state index in [1.54, 1.807) is 0 Å². The van der Waals surface area contributed by atoms with Crippen molar-refractivity contribution in [2.75, 3.05) is 0 Å². The van der Waals surface area contributed by atoms with Gasteiger partial charge < -0.3 is 5.11 Å². The van der Waals surface area contributed by atoms with Gasteiger partial charge in [0.25, 0.3) is 0 Å². The lowest BCUT2D eigenvalue weighted by molar-refractivity contribution is -0.137. The summed E-state index contributed by atoms with van der Waals surface area (Å²) in [6.07, 6.45) is 12.3. The van der Waals surface area contributed by atoms with Crippen molar-refractivity contribution in [1.82, 2.24) is 0 Å². The Hall–Kier alpha value is -1.38. The van der Waals surface area contributed by atoms with Gasteiger partial charge in [-0.05, 0) is 18.8 Å². The highest BCUT2D eigenvalue weighted by atomic mass is 16.4. The second kappa shape index (κ2) is 7.85. The van der Waals surface area contributed by atoms with Crippen LogP contribution in [0.2, 0.25) is 0 Å². The number of carbonyl (C=O) groups excluding carboxylic acids is 1. The minimum atomic E-state index is -0.728. The standard InChI is InChI=1S/C15H22O3/c1-2-5-12(10-11-15(17)18)6-3-7-13-8-4-9-14(13)16/h3-4,7-8,12-13H,2,5-6,9-11H2,1H3,(H,17,18)/b7-3-. The van der Waals surface area contributed by atoms with Gasteiger partial charge in [0, 0.05) is 12.8 Å². The van der Waals surface area contributed by atoms with E-state index in [0.29, 0.717) is 12.3 Å². The Bertz CT molecular complexity index is 342. The molecule has 0 saturated heterocycles. The van der Waals surface area contributed by atoms with E-state index in [2.05, 4.69) is 6.92 Å². The van der Waals surface area contributed by atoms with Crippen LogP contribution in [-0.2, 0) is 9.59 Å². The van der Waals surface area contributed by atoms with Crippen LogP contribution in [0.5, 0.6) is 0 Å². The lowest BCUT2D eigenvalue weighted by Gasteiger charge is -2.12. The molecule has 1 N–H and O–H groups in total. The molecule has 2 atom stereocenters. The Morgan fingerprint density at radius 1 is 1.56 bits per heavy atom. The van der Waals surface area contributed by atoms with Crippen LogP contribution in [0.1, 0.15) is 45.4 Å². The van der Waals surface area contributed by atoms with E-state index in [1.165, 1.54) is 0 Å². The van der Waals surface area contributed by atoms with Crippen LogP contribution in [0.15, 0.2) is 24.3 Å². The molecule has 0 aromatic carbocycles. The number of Topliss-reactive ketones (excluding diaryl/α,β-unsaturated/α-hetero) is 1. The molecule has 3 heteroatoms. The molecule has 0 amide bonds. The second-order valence-electron chi connectivity index (χ2n) is 4.88. The van der Waals surface area contributed by atoms with Gasteiger partial charge in [0.2, 0.25) is 0 Å². The van der Waals surface area contributed by atoms with E-state index in [-0.39, 0.29) is 18.1 Å². The summed E-state index contributed by atoms with van der Waals surface area (Å²) in [7, 11) is 0. The maximum absolute atomic E-state index is 11.4. The van der Waals surface area contributed by atoms with E-state index in [9.17, 15) is 9.59 Å². The van der Waals surface area contributed by atoms with Crippen LogP contribution in [0, 0.1) is 11.8 Å². The highest BCUT2D eigenvalue weighted by Gasteiger charge is 2.15. The Kier molecular flexibility index (Phi) is 6.40. The van der Waals surface area contributed by atoms with E-state index in [4.69, 9.17) is 5.11 Å². The van der Waals surface area contributed by atoms with Crippen LogP contribution < -0.4 is 0 Å². The van der Waals surface area contributed by atoms with Crippen molar-refractivity contribution >= 4 is 11.8 Å². The molecule has 1 aliphatic rings. The molecule has 0 heterocycles. The molecule has 18 heavy (non-hydrogen) atoms. The first-order valence-electron chi connectivity index (χ1n) is 6.71. The molecule has 0 aromatic rings. The fourth-order valence-corrected chi connectivity index (χ4v) is 2.28. The Balaban J connectivity index is 2.36. The third-order valence-corrected chi connectivity index (χ3v) is 3.31. The number of carbonyl (C=O) groups is 2. The average molecular weight is 250 g/mol. The van der Waals surface area contributed by atoms with Crippen molar-refractivity contribution in [2.24, 2.45) is 11.8 Å². The zero-order valence-corrected chi connectivity index (χ0v) is 11.0. The molecule has 2 unspecified atom stereocenters. The van der Waals surface area contributed by atoms with Gasteiger partial charge in [-0.25, -0.2) is 0 Å². The smallest absolute Gasteiger partial charge is 0.303 e. The number of allylic oxidation sites excluding steroid dienone is 4. The van der Waals surface area contributed by atoms with Crippen molar-refractivity contribution in [3.8, 4) is 0 Å². The minimum Gasteiger partial charge on any atom is -0.481 e. The van der Waals surface area contributed by atoms with Crippen LogP contribution in [0.3, 0.4) is 0 Å². The Morgan fingerprint density at radius 2 is 2.33 bits per heavy atom. The first-order chi connectivity index (χ1) is 8.63. The summed E-state index contributed by atoms with van der Waals surface area (Å²) < 4.78 is 0. The zero-order valence-electron chi connectivity index (χ0n) is 11.0. The maximum atomic E-state index is 11.4. The quantitative estimate of drug-likeness (QED) is 0.672. The zero-order chi connectivity index (χ0) is 13.4. The van der Waals surface area contributed by atoms with Gasteiger partial charge >= 0.3 is 5.97 Å². The molecule has 0 saturated carbocycles. The fraction of sp³-hybridized carbons (Fsp3) is 0.600. The van der Waals surface area contributed by atoms with Crippen molar-refractivity contribution in [3.63, 3.8) is 0 Å². The highest BCUT2D eigenvalue weighted by Crippen LogP contribution is 2.20. The molecule has 0 bridgehead atoms. The molecular formula is C15H22O3. The van der Waals surface area contributed by atoms with Gasteiger partial charge in [0.05, 0.1) is 5.92 Å². The molecule has 100 valence electrons. The lowest BCUT2D eigenvalue weighted by Crippen LogP contribution is -2.05. The number of carboxylic acids is 1. The molecule has 1 aliphatic carbocycles. The van der Waals surface area contributed by atoms with Gasteiger partial charge in [-0.2, -0.15) is 0 Å². The van der Waals surface area contributed by atoms with Crippen LogP contribution in [-0.4, -0.2) is 16.9 Å². The third kappa shape index (κ3) is 5.30. The maximum Gasteiger partial charge on any atom is 0.303 e. The topological polar surface area (TPSA) is 54.4 Å². The normalized spacial score (nSPS) is 20.7. The Labute approximate surface area is 109 Å². The summed E-state index contributed by atoms with van der Waals surface area (Å²) in [5, 5.41) is 8.69. The average Bonchev–Trinajstić information content (AvgIpc) is 2.72. The molecule has 0 spiro atoms. The highest BCUT2D eigenvalue weighted by molar-refractivity contribution is 5.88. The number of ketones is 1. The summed E-state index contributed by atoms with van der Waals surface area (Å²) in [5.41, 5.74) is 0. The summed E-state index contributed by atoms with van der Waals surface area (Å²) >= 11 is 0. The number of carboxylic acid groups (broad SMARTS) is 1. The van der Waals surface area contributed by atoms with E-state index < -0.39 is 5.97 Å². The summed E-state index contributed by atoms with van der Waals surface area (Å²) in [5.74, 6) is -0.104. The van der Waals surface area contributed by atoms with Gasteiger partial charge in [0.15, 0.2) is 0 Å². The second-order valence-corrected chi connectivity index (χ2v) is 4.88. The number of rotatable bonds is 8. The molecule has 3 nitrogen and oxygen atoms in total. The number of hydrogen-bond acceptors (Lipinski definition) is 2. The van der Waals surface area contributed by atoms with Crippen LogP contribution in [0.25, 0.3) is 0 Å². The molecule has 0 aliphatic heterocycles. The fourth-order valence-electron chi connectivity index (χ4n) is 2.28.